The van der Waals surface area contributed by atoms with Crippen molar-refractivity contribution in [3.05, 3.63) is 76.9 Å². The highest BCUT2D eigenvalue weighted by molar-refractivity contribution is 5.97. The molecule has 1 aliphatic heterocycles. The van der Waals surface area contributed by atoms with E-state index in [4.69, 9.17) is 0 Å². The predicted molar refractivity (Wildman–Crippen MR) is 111 cm³/mol. The Balaban J connectivity index is 1.80. The minimum Gasteiger partial charge on any atom is -0.277 e. The van der Waals surface area contributed by atoms with Gasteiger partial charge in [0.05, 0.1) is 11.7 Å². The predicted octanol–water partition coefficient (Wildman–Crippen LogP) is 5.14. The van der Waals surface area contributed by atoms with E-state index in [9.17, 15) is 4.79 Å². The fourth-order valence-electron chi connectivity index (χ4n) is 4.44. The van der Waals surface area contributed by atoms with E-state index < -0.39 is 0 Å². The molecular formula is C24H28N2O. The number of hydrogen-bond acceptors (Lipinski definition) is 2. The van der Waals surface area contributed by atoms with Crippen LogP contribution in [0, 0.1) is 0 Å². The van der Waals surface area contributed by atoms with Crippen LogP contribution in [0.4, 0.5) is 5.69 Å². The maximum Gasteiger partial charge on any atom is 0.265 e. The monoisotopic (exact) mass is 360 g/mol. The summed E-state index contributed by atoms with van der Waals surface area (Å²) in [6, 6.07) is 19.3. The number of anilines is 1. The Labute approximate surface area is 162 Å². The van der Waals surface area contributed by atoms with Crippen LogP contribution in [0.25, 0.3) is 0 Å². The van der Waals surface area contributed by atoms with E-state index in [2.05, 4.69) is 78.9 Å². The van der Waals surface area contributed by atoms with Crippen LogP contribution >= 0.6 is 0 Å². The molecule has 1 N–H and O–H groups in total. The van der Waals surface area contributed by atoms with Gasteiger partial charge in [-0.1, -0.05) is 62.4 Å². The first-order valence-corrected chi connectivity index (χ1v) is 10.1. The highest BCUT2D eigenvalue weighted by atomic mass is 16.2. The van der Waals surface area contributed by atoms with E-state index in [-0.39, 0.29) is 11.9 Å². The van der Waals surface area contributed by atoms with Gasteiger partial charge in [0.25, 0.3) is 5.91 Å². The molecule has 3 heteroatoms. The van der Waals surface area contributed by atoms with E-state index >= 15 is 0 Å². The molecule has 2 aliphatic rings. The number of benzene rings is 2. The number of carbonyl (C=O) groups is 1. The van der Waals surface area contributed by atoms with Gasteiger partial charge in [0.2, 0.25) is 0 Å². The molecule has 1 heterocycles. The van der Waals surface area contributed by atoms with Crippen molar-refractivity contribution < 1.29 is 4.79 Å². The lowest BCUT2D eigenvalue weighted by Gasteiger charge is -2.43. The number of nitrogens with one attached hydrogen (secondary N) is 1. The number of carbonyl (C=O) groups excluding carboxylic acids is 1. The first-order chi connectivity index (χ1) is 13.1. The quantitative estimate of drug-likeness (QED) is 0.818. The normalized spacial score (nSPS) is 19.9. The molecule has 0 bridgehead atoms. The number of rotatable bonds is 4. The van der Waals surface area contributed by atoms with Gasteiger partial charge in [0, 0.05) is 5.57 Å². The molecule has 3 nitrogen and oxygen atoms in total. The van der Waals surface area contributed by atoms with Gasteiger partial charge in [-0.25, -0.2) is 0 Å². The molecular weight excluding hydrogens is 332 g/mol. The van der Waals surface area contributed by atoms with Crippen LogP contribution in [-0.2, 0) is 11.2 Å². The summed E-state index contributed by atoms with van der Waals surface area (Å²) < 4.78 is 0. The van der Waals surface area contributed by atoms with Crippen molar-refractivity contribution in [3.63, 3.8) is 0 Å². The van der Waals surface area contributed by atoms with E-state index in [0.717, 1.165) is 36.9 Å². The number of hydrazine groups is 1. The summed E-state index contributed by atoms with van der Waals surface area (Å²) in [4.78, 5) is 12.9. The molecule has 27 heavy (non-hydrogen) atoms. The maximum absolute atomic E-state index is 12.9. The van der Waals surface area contributed by atoms with E-state index in [1.54, 1.807) is 0 Å². The largest absolute Gasteiger partial charge is 0.277 e. The van der Waals surface area contributed by atoms with Crippen LogP contribution in [0.3, 0.4) is 0 Å². The first kappa shape index (κ1) is 17.8. The van der Waals surface area contributed by atoms with Crippen molar-refractivity contribution in [2.45, 2.75) is 57.9 Å². The number of para-hydroxylation sites is 1. The minimum absolute atomic E-state index is 0.0903. The van der Waals surface area contributed by atoms with Crippen molar-refractivity contribution in [2.75, 3.05) is 5.01 Å². The lowest BCUT2D eigenvalue weighted by molar-refractivity contribution is -0.118. The smallest absolute Gasteiger partial charge is 0.265 e. The third kappa shape index (κ3) is 3.51. The molecule has 4 rings (SSSR count). The molecule has 1 atom stereocenters. The molecule has 0 fully saturated rings. The van der Waals surface area contributed by atoms with Gasteiger partial charge in [0.15, 0.2) is 0 Å². The highest BCUT2D eigenvalue weighted by Crippen LogP contribution is 2.37. The van der Waals surface area contributed by atoms with E-state index in [1.807, 2.05) is 0 Å². The lowest BCUT2D eigenvalue weighted by atomic mass is 9.82. The van der Waals surface area contributed by atoms with Gasteiger partial charge < -0.3 is 0 Å². The molecule has 0 radical (unpaired) electrons. The number of amides is 1. The second kappa shape index (κ2) is 7.59. The molecule has 1 amide bonds. The van der Waals surface area contributed by atoms with Crippen molar-refractivity contribution in [3.8, 4) is 0 Å². The summed E-state index contributed by atoms with van der Waals surface area (Å²) in [6.45, 7) is 4.42. The average molecular weight is 361 g/mol. The lowest BCUT2D eigenvalue weighted by Crippen LogP contribution is -2.56. The molecule has 0 spiro atoms. The number of hydrogen-bond donors (Lipinski definition) is 1. The van der Waals surface area contributed by atoms with Gasteiger partial charge in [-0.3, -0.25) is 15.2 Å². The number of nitrogens with zero attached hydrogens (tertiary/aromatic N) is 1. The van der Waals surface area contributed by atoms with Crippen molar-refractivity contribution in [1.82, 2.24) is 5.43 Å². The average Bonchev–Trinajstić information content (AvgIpc) is 2.71. The summed E-state index contributed by atoms with van der Waals surface area (Å²) in [6.07, 6.45) is 5.14. The summed E-state index contributed by atoms with van der Waals surface area (Å²) in [5.41, 5.74) is 9.31. The molecule has 2 aromatic carbocycles. The third-order valence-corrected chi connectivity index (χ3v) is 5.81. The van der Waals surface area contributed by atoms with Gasteiger partial charge in [0.1, 0.15) is 0 Å². The minimum atomic E-state index is 0.0903. The maximum atomic E-state index is 12.9. The van der Waals surface area contributed by atoms with E-state index in [1.165, 1.54) is 23.1 Å². The Morgan fingerprint density at radius 2 is 1.70 bits per heavy atom. The zero-order chi connectivity index (χ0) is 18.8. The highest BCUT2D eigenvalue weighted by Gasteiger charge is 2.36. The van der Waals surface area contributed by atoms with Gasteiger partial charge in [-0.2, -0.15) is 0 Å². The van der Waals surface area contributed by atoms with Gasteiger partial charge in [-0.15, -0.1) is 0 Å². The summed E-state index contributed by atoms with van der Waals surface area (Å²) >= 11 is 0. The fourth-order valence-corrected chi connectivity index (χ4v) is 4.44. The Morgan fingerprint density at radius 1 is 1.00 bits per heavy atom. The fraction of sp³-hybridized carbons (Fsp3) is 0.375. The Hall–Kier alpha value is -2.55. The molecule has 1 aliphatic carbocycles. The standard InChI is InChI=1S/C24H28N2O/c1-17(2)19-12-8-9-15-22(19)26-23(16-18-10-4-3-5-11-18)20-13-6-7-14-21(20)24(27)25-26/h3-5,8-12,15,17,23H,6-7,13-14,16H2,1-2H3,(H,25,27). The van der Waals surface area contributed by atoms with Crippen molar-refractivity contribution >= 4 is 11.6 Å². The summed E-state index contributed by atoms with van der Waals surface area (Å²) in [7, 11) is 0. The van der Waals surface area contributed by atoms with Crippen LogP contribution in [-0.4, -0.2) is 11.9 Å². The first-order valence-electron chi connectivity index (χ1n) is 10.1. The SMILES string of the molecule is CC(C)c1ccccc1N1NC(=O)C2=C(CCCC2)C1Cc1ccccc1. The zero-order valence-electron chi connectivity index (χ0n) is 16.2. The molecule has 140 valence electrons. The van der Waals surface area contributed by atoms with Crippen LogP contribution in [0.2, 0.25) is 0 Å². The Morgan fingerprint density at radius 3 is 2.48 bits per heavy atom. The van der Waals surface area contributed by atoms with Crippen LogP contribution in [0.5, 0.6) is 0 Å². The summed E-state index contributed by atoms with van der Waals surface area (Å²) in [5.74, 6) is 0.491. The van der Waals surface area contributed by atoms with Crippen LogP contribution in [0.15, 0.2) is 65.7 Å². The Bertz CT molecular complexity index is 854. The molecule has 1 unspecified atom stereocenters. The van der Waals surface area contributed by atoms with Crippen LogP contribution < -0.4 is 10.4 Å². The Kier molecular flexibility index (Phi) is 5.02. The topological polar surface area (TPSA) is 32.3 Å². The third-order valence-electron chi connectivity index (χ3n) is 5.81. The van der Waals surface area contributed by atoms with E-state index in [0.29, 0.717) is 5.92 Å². The van der Waals surface area contributed by atoms with Gasteiger partial charge >= 0.3 is 0 Å². The molecule has 2 aromatic rings. The van der Waals surface area contributed by atoms with Gasteiger partial charge in [-0.05, 0) is 60.8 Å². The second-order valence-electron chi connectivity index (χ2n) is 7.94. The second-order valence-corrected chi connectivity index (χ2v) is 7.94. The molecule has 0 saturated heterocycles. The van der Waals surface area contributed by atoms with Crippen LogP contribution in [0.1, 0.15) is 56.6 Å². The van der Waals surface area contributed by atoms with Crippen molar-refractivity contribution in [2.24, 2.45) is 0 Å². The molecule has 0 aromatic heterocycles. The zero-order valence-corrected chi connectivity index (χ0v) is 16.2. The summed E-state index contributed by atoms with van der Waals surface area (Å²) in [5, 5.41) is 2.15. The van der Waals surface area contributed by atoms with Crippen molar-refractivity contribution in [1.29, 1.82) is 0 Å². The molecule has 0 saturated carbocycles.